The molecule has 1 heteroatoms. The minimum atomic E-state index is 0.184. The van der Waals surface area contributed by atoms with Crippen molar-refractivity contribution in [3.8, 4) is 0 Å². The van der Waals surface area contributed by atoms with Gasteiger partial charge in [-0.1, -0.05) is 32.4 Å². The van der Waals surface area contributed by atoms with Gasteiger partial charge in [0.15, 0.2) is 0 Å². The molecule has 1 aromatic carbocycles. The zero-order valence-electron chi connectivity index (χ0n) is 11.2. The van der Waals surface area contributed by atoms with E-state index in [0.717, 1.165) is 0 Å². The monoisotopic (exact) mass is 215 g/mol. The first-order chi connectivity index (χ1) is 7.30. The van der Waals surface area contributed by atoms with Gasteiger partial charge in [-0.25, -0.2) is 0 Å². The van der Waals surface area contributed by atoms with E-state index in [9.17, 15) is 0 Å². The van der Waals surface area contributed by atoms with Gasteiger partial charge in [0.1, 0.15) is 0 Å². The number of fused-ring (bicyclic) bond motifs is 1. The molecule has 1 N–H and O–H groups in total. The summed E-state index contributed by atoms with van der Waals surface area (Å²) in [6, 6.07) is 4.52. The molecule has 2 rings (SSSR count). The van der Waals surface area contributed by atoms with Crippen molar-refractivity contribution in [3.63, 3.8) is 0 Å². The van der Waals surface area contributed by atoms with Crippen LogP contribution in [0.3, 0.4) is 0 Å². The molecule has 0 bridgehead atoms. The normalized spacial score (nSPS) is 12.4. The van der Waals surface area contributed by atoms with Crippen LogP contribution in [-0.2, 0) is 5.41 Å². The van der Waals surface area contributed by atoms with Crippen molar-refractivity contribution in [1.29, 1.82) is 0 Å². The van der Waals surface area contributed by atoms with E-state index in [1.165, 1.54) is 33.3 Å². The maximum absolute atomic E-state index is 3.60. The third kappa shape index (κ3) is 1.64. The number of hydrogen-bond acceptors (Lipinski definition) is 0. The summed E-state index contributed by atoms with van der Waals surface area (Å²) in [6.07, 6.45) is 0. The number of H-pyrrole nitrogens is 1. The van der Waals surface area contributed by atoms with E-state index in [-0.39, 0.29) is 5.41 Å². The lowest BCUT2D eigenvalue weighted by Gasteiger charge is -2.17. The quantitative estimate of drug-likeness (QED) is 0.671. The third-order valence-corrected chi connectivity index (χ3v) is 3.26. The Morgan fingerprint density at radius 3 is 2.19 bits per heavy atom. The summed E-state index contributed by atoms with van der Waals surface area (Å²) in [5.74, 6) is 0. The molecule has 0 aliphatic heterocycles. The van der Waals surface area contributed by atoms with E-state index in [0.29, 0.717) is 0 Å². The average Bonchev–Trinajstić information content (AvgIpc) is 2.43. The molecule has 0 aliphatic rings. The molecule has 1 nitrogen and oxygen atoms in total. The second-order valence-corrected chi connectivity index (χ2v) is 5.88. The van der Waals surface area contributed by atoms with Gasteiger partial charge < -0.3 is 4.98 Å². The first-order valence-electron chi connectivity index (χ1n) is 5.90. The number of aromatic amines is 1. The highest BCUT2D eigenvalue weighted by Gasteiger charge is 2.20. The van der Waals surface area contributed by atoms with E-state index in [2.05, 4.69) is 58.7 Å². The van der Waals surface area contributed by atoms with Crippen molar-refractivity contribution in [2.24, 2.45) is 0 Å². The lowest BCUT2D eigenvalue weighted by molar-refractivity contribution is 0.570. The van der Waals surface area contributed by atoms with Crippen LogP contribution < -0.4 is 0 Å². The largest absolute Gasteiger partial charge is 0.358 e. The van der Waals surface area contributed by atoms with Crippen LogP contribution in [0.5, 0.6) is 0 Å². The molecule has 1 aromatic heterocycles. The lowest BCUT2D eigenvalue weighted by Crippen LogP contribution is -2.12. The predicted octanol–water partition coefficient (Wildman–Crippen LogP) is 4.39. The Bertz CT molecular complexity index is 539. The summed E-state index contributed by atoms with van der Waals surface area (Å²) in [4.78, 5) is 3.60. The third-order valence-electron chi connectivity index (χ3n) is 3.26. The highest BCUT2D eigenvalue weighted by atomic mass is 14.7. The van der Waals surface area contributed by atoms with Crippen LogP contribution in [0.25, 0.3) is 10.9 Å². The fourth-order valence-electron chi connectivity index (χ4n) is 2.53. The molecule has 1 heterocycles. The van der Waals surface area contributed by atoms with Crippen molar-refractivity contribution in [2.75, 3.05) is 0 Å². The van der Waals surface area contributed by atoms with Crippen molar-refractivity contribution in [3.05, 3.63) is 34.5 Å². The summed E-state index contributed by atoms with van der Waals surface area (Å²) in [7, 11) is 0. The molecule has 0 amide bonds. The van der Waals surface area contributed by atoms with Crippen LogP contribution in [0.15, 0.2) is 12.1 Å². The minimum Gasteiger partial charge on any atom is -0.358 e. The zero-order chi connectivity index (χ0) is 12.1. The highest BCUT2D eigenvalue weighted by molar-refractivity contribution is 5.88. The fraction of sp³-hybridized carbons (Fsp3) is 0.467. The maximum atomic E-state index is 3.60. The second-order valence-electron chi connectivity index (χ2n) is 5.88. The minimum absolute atomic E-state index is 0.184. The van der Waals surface area contributed by atoms with E-state index in [4.69, 9.17) is 0 Å². The summed E-state index contributed by atoms with van der Waals surface area (Å²) < 4.78 is 0. The smallest absolute Gasteiger partial charge is 0.0488 e. The average molecular weight is 215 g/mol. The first kappa shape index (κ1) is 11.3. The Labute approximate surface area is 97.9 Å². The summed E-state index contributed by atoms with van der Waals surface area (Å²) in [6.45, 7) is 13.3. The van der Waals surface area contributed by atoms with Crippen LogP contribution >= 0.6 is 0 Å². The molecule has 0 fully saturated rings. The molecule has 0 saturated carbocycles. The Hall–Kier alpha value is -1.24. The number of nitrogens with one attached hydrogen (secondary N) is 1. The summed E-state index contributed by atoms with van der Waals surface area (Å²) >= 11 is 0. The van der Waals surface area contributed by atoms with Gasteiger partial charge in [-0.3, -0.25) is 0 Å². The fourth-order valence-corrected chi connectivity index (χ4v) is 2.53. The Kier molecular flexibility index (Phi) is 2.37. The molecule has 16 heavy (non-hydrogen) atoms. The van der Waals surface area contributed by atoms with Crippen LogP contribution in [0.1, 0.15) is 43.2 Å². The van der Waals surface area contributed by atoms with Gasteiger partial charge in [0.25, 0.3) is 0 Å². The molecular weight excluding hydrogens is 194 g/mol. The summed E-state index contributed by atoms with van der Waals surface area (Å²) in [5, 5.41) is 1.38. The van der Waals surface area contributed by atoms with Gasteiger partial charge in [-0.2, -0.15) is 0 Å². The van der Waals surface area contributed by atoms with Crippen molar-refractivity contribution in [1.82, 2.24) is 4.98 Å². The SMILES string of the molecule is Cc1cc(C)c2[nH]c(C(C)(C)C)c(C)c2c1. The van der Waals surface area contributed by atoms with Crippen molar-refractivity contribution in [2.45, 2.75) is 47.0 Å². The van der Waals surface area contributed by atoms with E-state index < -0.39 is 0 Å². The number of benzene rings is 1. The van der Waals surface area contributed by atoms with Gasteiger partial charge in [0.2, 0.25) is 0 Å². The number of hydrogen-bond donors (Lipinski definition) is 1. The van der Waals surface area contributed by atoms with Crippen molar-refractivity contribution < 1.29 is 0 Å². The van der Waals surface area contributed by atoms with Gasteiger partial charge in [0.05, 0.1) is 0 Å². The predicted molar refractivity (Wildman–Crippen MR) is 71.2 cm³/mol. The van der Waals surface area contributed by atoms with Gasteiger partial charge in [-0.15, -0.1) is 0 Å². The second kappa shape index (κ2) is 3.38. The van der Waals surface area contributed by atoms with E-state index >= 15 is 0 Å². The molecule has 0 spiro atoms. The Balaban J connectivity index is 2.83. The van der Waals surface area contributed by atoms with Crippen LogP contribution in [0, 0.1) is 20.8 Å². The topological polar surface area (TPSA) is 15.8 Å². The zero-order valence-corrected chi connectivity index (χ0v) is 11.2. The number of rotatable bonds is 0. The van der Waals surface area contributed by atoms with Gasteiger partial charge in [0, 0.05) is 22.0 Å². The van der Waals surface area contributed by atoms with Crippen LogP contribution in [0.2, 0.25) is 0 Å². The number of aromatic nitrogens is 1. The van der Waals surface area contributed by atoms with Gasteiger partial charge in [-0.05, 0) is 38.0 Å². The molecule has 0 atom stereocenters. The first-order valence-corrected chi connectivity index (χ1v) is 5.90. The lowest BCUT2D eigenvalue weighted by atomic mass is 9.89. The van der Waals surface area contributed by atoms with Crippen LogP contribution in [-0.4, -0.2) is 4.98 Å². The molecule has 0 radical (unpaired) electrons. The number of aryl methyl sites for hydroxylation is 3. The molecule has 0 aliphatic carbocycles. The Morgan fingerprint density at radius 1 is 1.00 bits per heavy atom. The molecule has 0 saturated heterocycles. The highest BCUT2D eigenvalue weighted by Crippen LogP contribution is 2.32. The molecular formula is C15H21N. The Morgan fingerprint density at radius 2 is 1.62 bits per heavy atom. The molecule has 86 valence electrons. The van der Waals surface area contributed by atoms with Gasteiger partial charge >= 0.3 is 0 Å². The standard InChI is InChI=1S/C15H21N/c1-9-7-10(2)13-12(8-9)11(3)14(16-13)15(4,5)6/h7-8,16H,1-6H3. The van der Waals surface area contributed by atoms with Crippen molar-refractivity contribution >= 4 is 10.9 Å². The van der Waals surface area contributed by atoms with Crippen LogP contribution in [0.4, 0.5) is 0 Å². The maximum Gasteiger partial charge on any atom is 0.0488 e. The molecule has 2 aromatic rings. The molecule has 0 unspecified atom stereocenters. The summed E-state index contributed by atoms with van der Waals surface area (Å²) in [5.41, 5.74) is 6.92. The van der Waals surface area contributed by atoms with E-state index in [1.807, 2.05) is 0 Å². The van der Waals surface area contributed by atoms with E-state index in [1.54, 1.807) is 0 Å².